The van der Waals surface area contributed by atoms with Crippen molar-refractivity contribution < 1.29 is 15.0 Å². The largest absolute Gasteiger partial charge is 0.394 e. The maximum Gasteiger partial charge on any atom is 0.220 e. The molecule has 0 heterocycles. The minimum Gasteiger partial charge on any atom is -0.394 e. The molecule has 0 rings (SSSR count). The fourth-order valence-electron chi connectivity index (χ4n) is 5.16. The Morgan fingerprint density at radius 3 is 1.53 bits per heavy atom. The van der Waals surface area contributed by atoms with Crippen molar-refractivity contribution in [2.75, 3.05) is 6.61 Å². The molecule has 4 heteroatoms. The highest BCUT2D eigenvalue weighted by Crippen LogP contribution is 2.12. The third-order valence-electron chi connectivity index (χ3n) is 8.03. The van der Waals surface area contributed by atoms with Crippen LogP contribution in [-0.2, 0) is 4.79 Å². The summed E-state index contributed by atoms with van der Waals surface area (Å²) in [4.78, 5) is 12.3. The molecule has 4 nitrogen and oxygen atoms in total. The van der Waals surface area contributed by atoms with E-state index >= 15 is 0 Å². The van der Waals surface area contributed by atoms with Crippen molar-refractivity contribution in [2.45, 2.75) is 187 Å². The van der Waals surface area contributed by atoms with Crippen LogP contribution in [-0.4, -0.2) is 34.9 Å². The van der Waals surface area contributed by atoms with E-state index in [0.29, 0.717) is 6.42 Å². The number of nitrogens with one attached hydrogen (secondary N) is 1. The maximum atomic E-state index is 12.3. The van der Waals surface area contributed by atoms with E-state index in [1.807, 2.05) is 6.08 Å². The van der Waals surface area contributed by atoms with E-state index in [1.165, 1.54) is 116 Å². The molecule has 0 aromatic carbocycles. The fraction of sp³-hybridized carbons (Fsp3) is 0.769. The number of hydrogen-bond donors (Lipinski definition) is 3. The summed E-state index contributed by atoms with van der Waals surface area (Å²) in [6, 6.07) is -0.639. The Hall–Kier alpha value is -1.65. The van der Waals surface area contributed by atoms with E-state index in [0.717, 1.165) is 38.5 Å². The van der Waals surface area contributed by atoms with E-state index in [4.69, 9.17) is 0 Å². The summed E-state index contributed by atoms with van der Waals surface area (Å²) in [6.45, 7) is 4.24. The fourth-order valence-corrected chi connectivity index (χ4v) is 5.16. The first-order chi connectivity index (χ1) is 21.2. The number of carbonyl (C=O) groups excluding carboxylic acids is 1. The predicted octanol–water partition coefficient (Wildman–Crippen LogP) is 10.8. The van der Waals surface area contributed by atoms with Gasteiger partial charge >= 0.3 is 0 Å². The predicted molar refractivity (Wildman–Crippen MR) is 188 cm³/mol. The van der Waals surface area contributed by atoms with Gasteiger partial charge < -0.3 is 15.5 Å². The lowest BCUT2D eigenvalue weighted by Gasteiger charge is -2.19. The second-order valence-corrected chi connectivity index (χ2v) is 12.3. The van der Waals surface area contributed by atoms with Crippen molar-refractivity contribution in [1.82, 2.24) is 5.32 Å². The van der Waals surface area contributed by atoms with Crippen LogP contribution in [0.2, 0.25) is 0 Å². The lowest BCUT2D eigenvalue weighted by atomic mass is 10.1. The highest BCUT2D eigenvalue weighted by Gasteiger charge is 2.17. The quantitative estimate of drug-likeness (QED) is 0.0530. The zero-order valence-corrected chi connectivity index (χ0v) is 28.5. The number of aliphatic hydroxyl groups is 2. The summed E-state index contributed by atoms with van der Waals surface area (Å²) in [6.07, 6.45) is 46.2. The molecule has 0 aliphatic rings. The second-order valence-electron chi connectivity index (χ2n) is 12.3. The van der Waals surface area contributed by atoms with Crippen LogP contribution < -0.4 is 5.32 Å². The average Bonchev–Trinajstić information content (AvgIpc) is 3.01. The van der Waals surface area contributed by atoms with Crippen molar-refractivity contribution in [3.8, 4) is 0 Å². The summed E-state index contributed by atoms with van der Waals surface area (Å²) in [5, 5.41) is 22.8. The third kappa shape index (κ3) is 31.6. The van der Waals surface area contributed by atoms with Crippen LogP contribution in [0.3, 0.4) is 0 Å². The summed E-state index contributed by atoms with van der Waals surface area (Å²) < 4.78 is 0. The van der Waals surface area contributed by atoms with Gasteiger partial charge in [-0.2, -0.15) is 0 Å². The molecule has 0 saturated carbocycles. The van der Waals surface area contributed by atoms with Crippen molar-refractivity contribution >= 4 is 5.91 Å². The Morgan fingerprint density at radius 2 is 0.977 bits per heavy atom. The number of carbonyl (C=O) groups is 1. The summed E-state index contributed by atoms with van der Waals surface area (Å²) in [7, 11) is 0. The molecule has 2 unspecified atom stereocenters. The van der Waals surface area contributed by atoms with Crippen molar-refractivity contribution in [1.29, 1.82) is 0 Å². The molecule has 0 bridgehead atoms. The highest BCUT2D eigenvalue weighted by atomic mass is 16.3. The Balaban J connectivity index is 3.66. The van der Waals surface area contributed by atoms with E-state index in [9.17, 15) is 15.0 Å². The molecule has 0 aliphatic heterocycles. The van der Waals surface area contributed by atoms with Crippen LogP contribution in [0.5, 0.6) is 0 Å². The van der Waals surface area contributed by atoms with Gasteiger partial charge in [-0.3, -0.25) is 4.79 Å². The molecular formula is C39H71NO3. The molecule has 43 heavy (non-hydrogen) atoms. The van der Waals surface area contributed by atoms with Gasteiger partial charge in [-0.05, 0) is 64.2 Å². The monoisotopic (exact) mass is 602 g/mol. The van der Waals surface area contributed by atoms with E-state index in [-0.39, 0.29) is 12.5 Å². The number of unbranched alkanes of at least 4 members (excludes halogenated alkanes) is 19. The smallest absolute Gasteiger partial charge is 0.220 e. The lowest BCUT2D eigenvalue weighted by Crippen LogP contribution is -2.45. The zero-order valence-electron chi connectivity index (χ0n) is 28.5. The summed E-state index contributed by atoms with van der Waals surface area (Å²) in [5.41, 5.74) is 0. The van der Waals surface area contributed by atoms with Gasteiger partial charge in [0.1, 0.15) is 0 Å². The van der Waals surface area contributed by atoms with Gasteiger partial charge in [0, 0.05) is 6.42 Å². The molecule has 250 valence electrons. The number of hydrogen-bond acceptors (Lipinski definition) is 3. The number of allylic oxidation sites excluding steroid dienone is 7. The topological polar surface area (TPSA) is 69.6 Å². The molecule has 3 N–H and O–H groups in total. The minimum absolute atomic E-state index is 0.0822. The third-order valence-corrected chi connectivity index (χ3v) is 8.03. The molecule has 0 saturated heterocycles. The van der Waals surface area contributed by atoms with Crippen molar-refractivity contribution in [3.05, 3.63) is 48.6 Å². The van der Waals surface area contributed by atoms with Gasteiger partial charge in [0.15, 0.2) is 0 Å². The van der Waals surface area contributed by atoms with Gasteiger partial charge in [0.25, 0.3) is 0 Å². The molecule has 0 aromatic rings. The molecule has 0 aliphatic carbocycles. The van der Waals surface area contributed by atoms with Crippen molar-refractivity contribution in [2.24, 2.45) is 0 Å². The Bertz CT molecular complexity index is 697. The first kappa shape index (κ1) is 41.4. The van der Waals surface area contributed by atoms with E-state index in [1.54, 1.807) is 6.08 Å². The molecule has 0 radical (unpaired) electrons. The maximum absolute atomic E-state index is 12.3. The SMILES string of the molecule is CCCCC/C=C\C/C=C\CCCCCCCCCCCC(=O)NC(CO)C(O)/C=C/CC/C=C/CCCCCCCC. The van der Waals surface area contributed by atoms with Gasteiger partial charge in [-0.1, -0.05) is 152 Å². The van der Waals surface area contributed by atoms with Crippen molar-refractivity contribution in [3.63, 3.8) is 0 Å². The van der Waals surface area contributed by atoms with Crippen LogP contribution in [0.15, 0.2) is 48.6 Å². The van der Waals surface area contributed by atoms with Crippen LogP contribution in [0.25, 0.3) is 0 Å². The van der Waals surface area contributed by atoms with E-state index < -0.39 is 12.1 Å². The zero-order chi connectivity index (χ0) is 31.5. The van der Waals surface area contributed by atoms with Gasteiger partial charge in [0.2, 0.25) is 5.91 Å². The Morgan fingerprint density at radius 1 is 0.558 bits per heavy atom. The average molecular weight is 602 g/mol. The molecule has 0 aromatic heterocycles. The molecule has 0 fully saturated rings. The lowest BCUT2D eigenvalue weighted by molar-refractivity contribution is -0.123. The minimum atomic E-state index is -0.862. The first-order valence-electron chi connectivity index (χ1n) is 18.4. The standard InChI is InChI=1S/C39H71NO3/c1-3-5-7-9-11-13-15-17-18-19-20-21-22-23-25-27-29-31-33-35-39(43)40-37(36-41)38(42)34-32-30-28-26-24-16-14-12-10-8-6-4-2/h11,13,17-18,24,26,32,34,37-38,41-42H,3-10,12,14-16,19-23,25,27-31,33,35-36H2,1-2H3,(H,40,43)/b13-11-,18-17-,26-24+,34-32+. The van der Waals surface area contributed by atoms with Gasteiger partial charge in [-0.25, -0.2) is 0 Å². The van der Waals surface area contributed by atoms with Crippen LogP contribution >= 0.6 is 0 Å². The Labute approximate surface area is 267 Å². The normalized spacial score (nSPS) is 13.7. The summed E-state index contributed by atoms with van der Waals surface area (Å²) in [5.74, 6) is -0.0822. The molecular weight excluding hydrogens is 530 g/mol. The number of rotatable bonds is 32. The second kappa shape index (κ2) is 34.8. The molecule has 2 atom stereocenters. The first-order valence-corrected chi connectivity index (χ1v) is 18.4. The van der Waals surface area contributed by atoms with Crippen LogP contribution in [0, 0.1) is 0 Å². The number of amides is 1. The van der Waals surface area contributed by atoms with E-state index in [2.05, 4.69) is 55.6 Å². The van der Waals surface area contributed by atoms with Crippen LogP contribution in [0.4, 0.5) is 0 Å². The van der Waals surface area contributed by atoms with Gasteiger partial charge in [0.05, 0.1) is 18.8 Å². The van der Waals surface area contributed by atoms with Crippen LogP contribution in [0.1, 0.15) is 174 Å². The number of aliphatic hydroxyl groups excluding tert-OH is 2. The highest BCUT2D eigenvalue weighted by molar-refractivity contribution is 5.76. The molecule has 0 spiro atoms. The molecule has 1 amide bonds. The summed E-state index contributed by atoms with van der Waals surface area (Å²) >= 11 is 0. The Kier molecular flexibility index (Phi) is 33.5. The van der Waals surface area contributed by atoms with Gasteiger partial charge in [-0.15, -0.1) is 0 Å².